The Hall–Kier alpha value is -0.840. The zero-order chi connectivity index (χ0) is 16.5. The summed E-state index contributed by atoms with van der Waals surface area (Å²) in [6.07, 6.45) is 18.8. The fourth-order valence-corrected chi connectivity index (χ4v) is 4.88. The fraction of sp³-hybridized carbons (Fsp3) is 0.857. The highest BCUT2D eigenvalue weighted by Gasteiger charge is 2.30. The Labute approximate surface area is 142 Å². The van der Waals surface area contributed by atoms with Gasteiger partial charge in [-0.25, -0.2) is 0 Å². The van der Waals surface area contributed by atoms with Crippen LogP contribution in [0.25, 0.3) is 0 Å². The van der Waals surface area contributed by atoms with Crippen molar-refractivity contribution in [1.82, 2.24) is 0 Å². The largest absolute Gasteiger partial charge is 0.196 e. The number of nitrogens with zero attached hydrogens (tertiary/aromatic N) is 1. The van der Waals surface area contributed by atoms with Gasteiger partial charge in [0, 0.05) is 0 Å². The minimum atomic E-state index is -0.612. The van der Waals surface area contributed by atoms with E-state index in [2.05, 4.69) is 6.92 Å². The van der Waals surface area contributed by atoms with E-state index < -0.39 is 5.83 Å². The van der Waals surface area contributed by atoms with Crippen LogP contribution in [0.15, 0.2) is 11.9 Å². The van der Waals surface area contributed by atoms with E-state index in [1.807, 2.05) is 0 Å². The lowest BCUT2D eigenvalue weighted by molar-refractivity contribution is 0.141. The van der Waals surface area contributed by atoms with Gasteiger partial charge in [0.15, 0.2) is 5.83 Å². The van der Waals surface area contributed by atoms with E-state index in [1.165, 1.54) is 76.7 Å². The summed E-state index contributed by atoms with van der Waals surface area (Å²) in [6.45, 7) is 2.30. The maximum Gasteiger partial charge on any atom is 0.196 e. The molecule has 0 bridgehead atoms. The van der Waals surface area contributed by atoms with Gasteiger partial charge in [0.2, 0.25) is 0 Å². The summed E-state index contributed by atoms with van der Waals surface area (Å²) in [5.41, 5.74) is 0. The van der Waals surface area contributed by atoms with Gasteiger partial charge < -0.3 is 0 Å². The maximum atomic E-state index is 12.8. The number of nitriles is 1. The van der Waals surface area contributed by atoms with Gasteiger partial charge in [-0.1, -0.05) is 51.9 Å². The van der Waals surface area contributed by atoms with Gasteiger partial charge in [0.05, 0.1) is 0 Å². The van der Waals surface area contributed by atoms with E-state index in [1.54, 1.807) is 6.07 Å². The molecule has 0 amide bonds. The van der Waals surface area contributed by atoms with Crippen LogP contribution < -0.4 is 0 Å². The highest BCUT2D eigenvalue weighted by molar-refractivity contribution is 5.11. The summed E-state index contributed by atoms with van der Waals surface area (Å²) in [5.74, 6) is 3.12. The minimum absolute atomic E-state index is 0.612. The lowest BCUT2D eigenvalue weighted by Crippen LogP contribution is -2.25. The Morgan fingerprint density at radius 3 is 1.96 bits per heavy atom. The molecule has 2 rings (SSSR count). The summed E-state index contributed by atoms with van der Waals surface area (Å²) in [6, 6.07) is 1.56. The summed E-state index contributed by atoms with van der Waals surface area (Å²) >= 11 is 0. The molecule has 2 saturated carbocycles. The number of rotatable bonds is 7. The molecule has 0 unspecified atom stereocenters. The molecule has 0 aliphatic heterocycles. The van der Waals surface area contributed by atoms with Crippen molar-refractivity contribution in [3.8, 4) is 6.07 Å². The lowest BCUT2D eigenvalue weighted by Gasteiger charge is -2.38. The predicted octanol–water partition coefficient (Wildman–Crippen LogP) is 6.95. The van der Waals surface area contributed by atoms with E-state index in [0.29, 0.717) is 0 Å². The third-order valence-electron chi connectivity index (χ3n) is 6.42. The standard InChI is InChI=1S/C21H34FN/c1-2-3-5-17-8-12-19(13-9-17)20-14-10-18(11-15-20)6-4-7-21(22)16-23/h7,17-20H,2-6,8-15H2,1H3/b21-7-/t17-,18?,19-,20?. The summed E-state index contributed by atoms with van der Waals surface area (Å²) in [4.78, 5) is 0. The van der Waals surface area contributed by atoms with Crippen LogP contribution in [0.4, 0.5) is 4.39 Å². The molecule has 2 aliphatic carbocycles. The molecule has 0 saturated heterocycles. The van der Waals surface area contributed by atoms with Crippen molar-refractivity contribution in [3.05, 3.63) is 11.9 Å². The second-order valence-electron chi connectivity index (χ2n) is 7.95. The first-order valence-corrected chi connectivity index (χ1v) is 9.98. The van der Waals surface area contributed by atoms with Crippen LogP contribution in [-0.2, 0) is 0 Å². The van der Waals surface area contributed by atoms with Crippen molar-refractivity contribution < 1.29 is 4.39 Å². The van der Waals surface area contributed by atoms with Gasteiger partial charge in [0.25, 0.3) is 0 Å². The van der Waals surface area contributed by atoms with Crippen molar-refractivity contribution in [2.24, 2.45) is 23.7 Å². The van der Waals surface area contributed by atoms with Gasteiger partial charge >= 0.3 is 0 Å². The van der Waals surface area contributed by atoms with Crippen molar-refractivity contribution >= 4 is 0 Å². The van der Waals surface area contributed by atoms with E-state index in [4.69, 9.17) is 5.26 Å². The highest BCUT2D eigenvalue weighted by Crippen LogP contribution is 2.43. The summed E-state index contributed by atoms with van der Waals surface area (Å²) < 4.78 is 12.8. The van der Waals surface area contributed by atoms with Gasteiger partial charge in [-0.3, -0.25) is 0 Å². The maximum absolute atomic E-state index is 12.8. The van der Waals surface area contributed by atoms with E-state index in [0.717, 1.165) is 36.5 Å². The third kappa shape index (κ3) is 6.28. The number of allylic oxidation sites excluding steroid dienone is 2. The molecule has 0 N–H and O–H groups in total. The number of halogens is 1. The molecule has 0 aromatic rings. The van der Waals surface area contributed by atoms with Crippen molar-refractivity contribution in [2.45, 2.75) is 90.4 Å². The van der Waals surface area contributed by atoms with Crippen LogP contribution in [0.5, 0.6) is 0 Å². The van der Waals surface area contributed by atoms with Crippen LogP contribution in [-0.4, -0.2) is 0 Å². The molecule has 0 radical (unpaired) electrons. The molecule has 130 valence electrons. The third-order valence-corrected chi connectivity index (χ3v) is 6.42. The fourth-order valence-electron chi connectivity index (χ4n) is 4.88. The first kappa shape index (κ1) is 18.5. The second kappa shape index (κ2) is 10.1. The van der Waals surface area contributed by atoms with Crippen LogP contribution in [0.1, 0.15) is 90.4 Å². The van der Waals surface area contributed by atoms with Gasteiger partial charge in [-0.05, 0) is 68.3 Å². The molecular weight excluding hydrogens is 285 g/mol. The Bertz CT molecular complexity index is 393. The molecule has 0 aromatic heterocycles. The monoisotopic (exact) mass is 319 g/mol. The molecular formula is C21H34FN. The van der Waals surface area contributed by atoms with Crippen LogP contribution in [0.2, 0.25) is 0 Å². The van der Waals surface area contributed by atoms with Gasteiger partial charge in [0.1, 0.15) is 6.07 Å². The van der Waals surface area contributed by atoms with Gasteiger partial charge in [-0.2, -0.15) is 9.65 Å². The summed E-state index contributed by atoms with van der Waals surface area (Å²) in [5, 5.41) is 8.42. The number of hydrogen-bond donors (Lipinski definition) is 0. The van der Waals surface area contributed by atoms with E-state index in [9.17, 15) is 4.39 Å². The van der Waals surface area contributed by atoms with Gasteiger partial charge in [-0.15, -0.1) is 0 Å². The zero-order valence-electron chi connectivity index (χ0n) is 14.9. The Kier molecular flexibility index (Phi) is 8.13. The molecule has 1 nitrogen and oxygen atoms in total. The minimum Gasteiger partial charge on any atom is -0.195 e. The Morgan fingerprint density at radius 2 is 1.48 bits per heavy atom. The number of unbranched alkanes of at least 4 members (excludes halogenated alkanes) is 1. The van der Waals surface area contributed by atoms with Crippen LogP contribution >= 0.6 is 0 Å². The SMILES string of the molecule is CCCC[C@H]1CC[C@H](C2CCC(CC/C=C(\F)C#N)CC2)CC1. The molecule has 0 spiro atoms. The Balaban J connectivity index is 1.62. The first-order chi connectivity index (χ1) is 11.2. The van der Waals surface area contributed by atoms with Crippen LogP contribution in [0.3, 0.4) is 0 Å². The van der Waals surface area contributed by atoms with E-state index >= 15 is 0 Å². The smallest absolute Gasteiger partial charge is 0.195 e. The quantitative estimate of drug-likeness (QED) is 0.466. The normalized spacial score (nSPS) is 32.5. The molecule has 2 heteroatoms. The van der Waals surface area contributed by atoms with Crippen molar-refractivity contribution in [2.75, 3.05) is 0 Å². The van der Waals surface area contributed by atoms with Crippen LogP contribution in [0, 0.1) is 35.0 Å². The second-order valence-corrected chi connectivity index (χ2v) is 7.95. The Morgan fingerprint density at radius 1 is 0.957 bits per heavy atom. The highest BCUT2D eigenvalue weighted by atomic mass is 19.1. The molecule has 2 aliphatic rings. The molecule has 0 atom stereocenters. The molecule has 0 heterocycles. The van der Waals surface area contributed by atoms with Crippen molar-refractivity contribution in [1.29, 1.82) is 5.26 Å². The number of hydrogen-bond acceptors (Lipinski definition) is 1. The summed E-state index contributed by atoms with van der Waals surface area (Å²) in [7, 11) is 0. The lowest BCUT2D eigenvalue weighted by atomic mass is 9.68. The zero-order valence-corrected chi connectivity index (χ0v) is 14.9. The average Bonchev–Trinajstić information content (AvgIpc) is 2.61. The van der Waals surface area contributed by atoms with Crippen molar-refractivity contribution in [3.63, 3.8) is 0 Å². The average molecular weight is 320 g/mol. The molecule has 0 aromatic carbocycles. The predicted molar refractivity (Wildman–Crippen MR) is 94.5 cm³/mol. The topological polar surface area (TPSA) is 23.8 Å². The molecule has 23 heavy (non-hydrogen) atoms. The first-order valence-electron chi connectivity index (χ1n) is 9.98. The molecule has 2 fully saturated rings. The van der Waals surface area contributed by atoms with E-state index in [-0.39, 0.29) is 0 Å².